The second kappa shape index (κ2) is 8.44. The first-order valence-corrected chi connectivity index (χ1v) is 9.06. The van der Waals surface area contributed by atoms with Gasteiger partial charge in [-0.15, -0.1) is 0 Å². The van der Waals surface area contributed by atoms with E-state index in [-0.39, 0.29) is 16.4 Å². The van der Waals surface area contributed by atoms with Gasteiger partial charge in [0.25, 0.3) is 5.91 Å². The first-order valence-electron chi connectivity index (χ1n) is 8.29. The summed E-state index contributed by atoms with van der Waals surface area (Å²) in [7, 11) is 1.51. The normalized spacial score (nSPS) is 11.5. The summed E-state index contributed by atoms with van der Waals surface area (Å²) in [4.78, 5) is 33.9. The second-order valence-electron chi connectivity index (χ2n) is 5.78. The molecule has 0 aliphatic heterocycles. The summed E-state index contributed by atoms with van der Waals surface area (Å²) in [5.74, 6) is -0.290. The number of pyridine rings is 2. The Morgan fingerprint density at radius 3 is 2.71 bits per heavy atom. The second-order valence-corrected chi connectivity index (χ2v) is 6.53. The Morgan fingerprint density at radius 1 is 1.25 bits per heavy atom. The van der Waals surface area contributed by atoms with Crippen LogP contribution < -0.4 is 20.7 Å². The van der Waals surface area contributed by atoms with Gasteiger partial charge in [0.2, 0.25) is 5.88 Å². The minimum absolute atomic E-state index is 0.0411. The summed E-state index contributed by atoms with van der Waals surface area (Å²) in [5, 5.41) is 2.91. The standard InChI is InChI=1S/C18H18N6O3S/c1-11(12-6-5-8-20-10-12)27-16-14(15(19)25)17(28-23-16)24(2)18(26)22-13-7-3-4-9-21-13/h3-11H,1-2H3,(H2,19,25)(H,21,22,26). The highest BCUT2D eigenvalue weighted by atomic mass is 32.1. The summed E-state index contributed by atoms with van der Waals surface area (Å²) < 4.78 is 9.98. The van der Waals surface area contributed by atoms with Crippen molar-refractivity contribution in [2.75, 3.05) is 17.3 Å². The minimum atomic E-state index is -0.741. The number of carbonyl (C=O) groups excluding carboxylic acids is 2. The van der Waals surface area contributed by atoms with Crippen molar-refractivity contribution in [3.63, 3.8) is 0 Å². The van der Waals surface area contributed by atoms with Crippen LogP contribution in [0.4, 0.5) is 15.6 Å². The number of urea groups is 1. The molecule has 0 aromatic carbocycles. The molecule has 1 unspecified atom stereocenters. The number of nitrogens with one attached hydrogen (secondary N) is 1. The molecular formula is C18H18N6O3S. The number of hydrogen-bond donors (Lipinski definition) is 2. The lowest BCUT2D eigenvalue weighted by Gasteiger charge is -2.17. The number of nitrogens with zero attached hydrogens (tertiary/aromatic N) is 4. The highest BCUT2D eigenvalue weighted by Crippen LogP contribution is 2.35. The highest BCUT2D eigenvalue weighted by Gasteiger charge is 2.27. The van der Waals surface area contributed by atoms with Crippen LogP contribution in [0.2, 0.25) is 0 Å². The van der Waals surface area contributed by atoms with Gasteiger partial charge in [-0.25, -0.2) is 9.78 Å². The first kappa shape index (κ1) is 19.2. The van der Waals surface area contributed by atoms with Crippen LogP contribution in [0.3, 0.4) is 0 Å². The van der Waals surface area contributed by atoms with Crippen LogP contribution in [0.15, 0.2) is 48.9 Å². The number of amides is 3. The monoisotopic (exact) mass is 398 g/mol. The molecule has 0 saturated heterocycles. The van der Waals surface area contributed by atoms with Crippen molar-refractivity contribution >= 4 is 34.3 Å². The Kier molecular flexibility index (Phi) is 5.80. The maximum absolute atomic E-state index is 12.5. The summed E-state index contributed by atoms with van der Waals surface area (Å²) in [6.45, 7) is 1.80. The third-order valence-electron chi connectivity index (χ3n) is 3.84. The molecular weight excluding hydrogens is 380 g/mol. The van der Waals surface area contributed by atoms with E-state index in [0.717, 1.165) is 17.1 Å². The SMILES string of the molecule is CC(Oc1nsc(N(C)C(=O)Nc2ccccn2)c1C(N)=O)c1cccnc1. The largest absolute Gasteiger partial charge is 0.468 e. The molecule has 9 nitrogen and oxygen atoms in total. The Balaban J connectivity index is 1.82. The molecule has 0 fully saturated rings. The van der Waals surface area contributed by atoms with Crippen LogP contribution in [0.1, 0.15) is 28.9 Å². The summed E-state index contributed by atoms with van der Waals surface area (Å²) in [6.07, 6.45) is 4.47. The average Bonchev–Trinajstić information content (AvgIpc) is 3.12. The summed E-state index contributed by atoms with van der Waals surface area (Å²) in [5.41, 5.74) is 6.38. The van der Waals surface area contributed by atoms with E-state index in [0.29, 0.717) is 5.82 Å². The van der Waals surface area contributed by atoms with Crippen molar-refractivity contribution in [3.05, 3.63) is 60.0 Å². The number of ether oxygens (including phenoxy) is 1. The molecule has 3 amide bonds. The van der Waals surface area contributed by atoms with E-state index in [1.165, 1.54) is 11.9 Å². The molecule has 28 heavy (non-hydrogen) atoms. The van der Waals surface area contributed by atoms with E-state index < -0.39 is 18.0 Å². The predicted molar refractivity (Wildman–Crippen MR) is 106 cm³/mol. The molecule has 3 N–H and O–H groups in total. The fourth-order valence-corrected chi connectivity index (χ4v) is 3.15. The van der Waals surface area contributed by atoms with Crippen molar-refractivity contribution in [2.24, 2.45) is 5.73 Å². The van der Waals surface area contributed by atoms with Gasteiger partial charge >= 0.3 is 6.03 Å². The lowest BCUT2D eigenvalue weighted by molar-refractivity contribution is 0.0994. The van der Waals surface area contributed by atoms with Gasteiger partial charge in [-0.3, -0.25) is 20.0 Å². The number of nitrogens with two attached hydrogens (primary N) is 1. The zero-order valence-corrected chi connectivity index (χ0v) is 16.0. The van der Waals surface area contributed by atoms with Gasteiger partial charge in [0.1, 0.15) is 22.5 Å². The lowest BCUT2D eigenvalue weighted by atomic mass is 10.2. The van der Waals surface area contributed by atoms with Gasteiger partial charge < -0.3 is 10.5 Å². The topological polar surface area (TPSA) is 123 Å². The molecule has 0 radical (unpaired) electrons. The molecule has 3 rings (SSSR count). The van der Waals surface area contributed by atoms with Gasteiger partial charge in [0, 0.05) is 31.2 Å². The molecule has 3 aromatic rings. The van der Waals surface area contributed by atoms with Gasteiger partial charge in [0.15, 0.2) is 0 Å². The van der Waals surface area contributed by atoms with Crippen LogP contribution in [0, 0.1) is 0 Å². The third kappa shape index (κ3) is 4.23. The van der Waals surface area contributed by atoms with E-state index in [1.807, 2.05) is 6.07 Å². The highest BCUT2D eigenvalue weighted by molar-refractivity contribution is 7.11. The van der Waals surface area contributed by atoms with Crippen molar-refractivity contribution < 1.29 is 14.3 Å². The third-order valence-corrected chi connectivity index (χ3v) is 4.75. The molecule has 3 heterocycles. The average molecular weight is 398 g/mol. The zero-order chi connectivity index (χ0) is 20.1. The van der Waals surface area contributed by atoms with Gasteiger partial charge in [-0.05, 0) is 36.7 Å². The van der Waals surface area contributed by atoms with E-state index >= 15 is 0 Å². The number of anilines is 2. The van der Waals surface area contributed by atoms with Gasteiger partial charge in [-0.2, -0.15) is 4.37 Å². The quantitative estimate of drug-likeness (QED) is 0.658. The van der Waals surface area contributed by atoms with Crippen LogP contribution in [-0.2, 0) is 0 Å². The van der Waals surface area contributed by atoms with Crippen molar-refractivity contribution in [1.82, 2.24) is 14.3 Å². The maximum atomic E-state index is 12.5. The summed E-state index contributed by atoms with van der Waals surface area (Å²) in [6, 6.07) is 8.28. The minimum Gasteiger partial charge on any atom is -0.468 e. The Labute approximate surface area is 165 Å². The van der Waals surface area contributed by atoms with Crippen molar-refractivity contribution in [1.29, 1.82) is 0 Å². The molecule has 3 aromatic heterocycles. The fourth-order valence-electron chi connectivity index (χ4n) is 2.36. The lowest BCUT2D eigenvalue weighted by Crippen LogP contribution is -2.32. The number of aromatic nitrogens is 3. The maximum Gasteiger partial charge on any atom is 0.327 e. The molecule has 0 aliphatic rings. The van der Waals surface area contributed by atoms with E-state index in [1.54, 1.807) is 49.8 Å². The number of rotatable bonds is 6. The Morgan fingerprint density at radius 2 is 2.07 bits per heavy atom. The van der Waals surface area contributed by atoms with E-state index in [9.17, 15) is 9.59 Å². The van der Waals surface area contributed by atoms with Crippen LogP contribution in [0.5, 0.6) is 5.88 Å². The molecule has 0 bridgehead atoms. The molecule has 1 atom stereocenters. The predicted octanol–water partition coefficient (Wildman–Crippen LogP) is 2.84. The molecule has 0 saturated carbocycles. The summed E-state index contributed by atoms with van der Waals surface area (Å²) >= 11 is 0.942. The van der Waals surface area contributed by atoms with Crippen LogP contribution >= 0.6 is 11.5 Å². The van der Waals surface area contributed by atoms with Gasteiger partial charge in [-0.1, -0.05) is 12.1 Å². The smallest absolute Gasteiger partial charge is 0.327 e. The number of carbonyl (C=O) groups is 2. The molecule has 144 valence electrons. The Bertz CT molecular complexity index is 964. The molecule has 0 aliphatic carbocycles. The number of hydrogen-bond acceptors (Lipinski definition) is 7. The van der Waals surface area contributed by atoms with Gasteiger partial charge in [0.05, 0.1) is 0 Å². The van der Waals surface area contributed by atoms with E-state index in [4.69, 9.17) is 10.5 Å². The first-order chi connectivity index (χ1) is 13.5. The van der Waals surface area contributed by atoms with Crippen molar-refractivity contribution in [2.45, 2.75) is 13.0 Å². The molecule has 10 heteroatoms. The van der Waals surface area contributed by atoms with Crippen LogP contribution in [-0.4, -0.2) is 33.3 Å². The van der Waals surface area contributed by atoms with Crippen LogP contribution in [0.25, 0.3) is 0 Å². The Hall–Kier alpha value is -3.53. The van der Waals surface area contributed by atoms with E-state index in [2.05, 4.69) is 19.7 Å². The number of primary amides is 1. The zero-order valence-electron chi connectivity index (χ0n) is 15.2. The van der Waals surface area contributed by atoms with Crippen molar-refractivity contribution in [3.8, 4) is 5.88 Å². The fraction of sp³-hybridized carbons (Fsp3) is 0.167. The molecule has 0 spiro atoms.